The van der Waals surface area contributed by atoms with Gasteiger partial charge in [0, 0.05) is 18.7 Å². The molecule has 1 aliphatic heterocycles. The predicted molar refractivity (Wildman–Crippen MR) is 113 cm³/mol. The van der Waals surface area contributed by atoms with Crippen molar-refractivity contribution in [3.05, 3.63) is 78.4 Å². The van der Waals surface area contributed by atoms with E-state index in [4.69, 9.17) is 4.74 Å². The third kappa shape index (κ3) is 4.63. The first kappa shape index (κ1) is 19.2. The fourth-order valence-electron chi connectivity index (χ4n) is 3.66. The summed E-state index contributed by atoms with van der Waals surface area (Å²) in [6.45, 7) is 1.16. The molecule has 0 bridgehead atoms. The Balaban J connectivity index is 1.46. The number of likely N-dealkylation sites (tertiary alicyclic amines) is 1. The zero-order valence-corrected chi connectivity index (χ0v) is 16.2. The molecule has 29 heavy (non-hydrogen) atoms. The van der Waals surface area contributed by atoms with Crippen molar-refractivity contribution in [1.82, 2.24) is 4.90 Å². The number of fused-ring (bicyclic) bond motifs is 1. The molecule has 5 nitrogen and oxygen atoms in total. The highest BCUT2D eigenvalue weighted by Crippen LogP contribution is 2.21. The average Bonchev–Trinajstić information content (AvgIpc) is 3.17. The smallest absolute Gasteiger partial charge is 0.249 e. The molecule has 5 heteroatoms. The molecule has 148 valence electrons. The first-order chi connectivity index (χ1) is 14.2. The van der Waals surface area contributed by atoms with E-state index in [2.05, 4.69) is 5.32 Å². The third-order valence-electron chi connectivity index (χ3n) is 5.19. The van der Waals surface area contributed by atoms with Crippen LogP contribution in [0.5, 0.6) is 0 Å². The lowest BCUT2D eigenvalue weighted by Gasteiger charge is -2.26. The van der Waals surface area contributed by atoms with Gasteiger partial charge in [-0.1, -0.05) is 60.7 Å². The molecule has 1 saturated heterocycles. The molecule has 1 N–H and O–H groups in total. The number of amides is 2. The van der Waals surface area contributed by atoms with Gasteiger partial charge < -0.3 is 15.0 Å². The minimum absolute atomic E-state index is 0.00646. The maximum absolute atomic E-state index is 13.0. The normalized spacial score (nSPS) is 14.9. The van der Waals surface area contributed by atoms with Gasteiger partial charge in [0.15, 0.2) is 0 Å². The molecule has 1 fully saturated rings. The second-order valence-electron chi connectivity index (χ2n) is 7.26. The molecule has 1 unspecified atom stereocenters. The van der Waals surface area contributed by atoms with Gasteiger partial charge in [-0.3, -0.25) is 9.59 Å². The van der Waals surface area contributed by atoms with E-state index in [-0.39, 0.29) is 18.4 Å². The fourth-order valence-corrected chi connectivity index (χ4v) is 3.66. The van der Waals surface area contributed by atoms with Gasteiger partial charge >= 0.3 is 0 Å². The quantitative estimate of drug-likeness (QED) is 0.666. The summed E-state index contributed by atoms with van der Waals surface area (Å²) in [4.78, 5) is 26.9. The van der Waals surface area contributed by atoms with Crippen LogP contribution in [0.15, 0.2) is 72.8 Å². The summed E-state index contributed by atoms with van der Waals surface area (Å²) in [6.07, 6.45) is 1.26. The number of rotatable bonds is 7. The minimum Gasteiger partial charge on any atom is -0.374 e. The van der Waals surface area contributed by atoms with Gasteiger partial charge in [-0.15, -0.1) is 0 Å². The molecule has 0 aromatic heterocycles. The van der Waals surface area contributed by atoms with Crippen LogP contribution in [0.1, 0.15) is 18.4 Å². The summed E-state index contributed by atoms with van der Waals surface area (Å²) in [6, 6.07) is 23.0. The number of hydrogen-bond donors (Lipinski definition) is 1. The van der Waals surface area contributed by atoms with Crippen molar-refractivity contribution >= 4 is 28.3 Å². The van der Waals surface area contributed by atoms with Crippen molar-refractivity contribution in [3.8, 4) is 0 Å². The molecule has 1 aliphatic rings. The SMILES string of the molecule is O=C(Nc1ccc2ccccc2c1)C(COCc1ccccc1)N1CCCC1=O. The van der Waals surface area contributed by atoms with Crippen molar-refractivity contribution in [1.29, 1.82) is 0 Å². The van der Waals surface area contributed by atoms with Crippen LogP contribution in [0.4, 0.5) is 5.69 Å². The van der Waals surface area contributed by atoms with Crippen LogP contribution < -0.4 is 5.32 Å². The van der Waals surface area contributed by atoms with Crippen molar-refractivity contribution in [3.63, 3.8) is 0 Å². The van der Waals surface area contributed by atoms with Gasteiger partial charge in [0.25, 0.3) is 0 Å². The molecular formula is C24H24N2O3. The first-order valence-electron chi connectivity index (χ1n) is 9.91. The monoisotopic (exact) mass is 388 g/mol. The van der Waals surface area contributed by atoms with Gasteiger partial charge in [-0.2, -0.15) is 0 Å². The van der Waals surface area contributed by atoms with Gasteiger partial charge in [-0.25, -0.2) is 0 Å². The van der Waals surface area contributed by atoms with Crippen LogP contribution >= 0.6 is 0 Å². The average molecular weight is 388 g/mol. The van der Waals surface area contributed by atoms with E-state index in [1.165, 1.54) is 0 Å². The second-order valence-corrected chi connectivity index (χ2v) is 7.26. The Morgan fingerprint density at radius 2 is 1.76 bits per heavy atom. The van der Waals surface area contributed by atoms with Crippen molar-refractivity contribution < 1.29 is 14.3 Å². The lowest BCUT2D eigenvalue weighted by molar-refractivity contribution is -0.137. The highest BCUT2D eigenvalue weighted by atomic mass is 16.5. The Morgan fingerprint density at radius 3 is 2.52 bits per heavy atom. The number of nitrogens with one attached hydrogen (secondary N) is 1. The van der Waals surface area contributed by atoms with E-state index in [9.17, 15) is 9.59 Å². The van der Waals surface area contributed by atoms with Gasteiger partial charge in [0.05, 0.1) is 13.2 Å². The van der Waals surface area contributed by atoms with E-state index in [1.54, 1.807) is 4.90 Å². The lowest BCUT2D eigenvalue weighted by atomic mass is 10.1. The molecule has 0 spiro atoms. The van der Waals surface area contributed by atoms with Crippen molar-refractivity contribution in [2.45, 2.75) is 25.5 Å². The van der Waals surface area contributed by atoms with E-state index in [0.717, 1.165) is 22.8 Å². The molecule has 0 aliphatic carbocycles. The van der Waals surface area contributed by atoms with E-state index < -0.39 is 6.04 Å². The van der Waals surface area contributed by atoms with Gasteiger partial charge in [0.2, 0.25) is 11.8 Å². The number of hydrogen-bond acceptors (Lipinski definition) is 3. The summed E-state index contributed by atoms with van der Waals surface area (Å²) in [5.41, 5.74) is 1.75. The molecule has 0 radical (unpaired) electrons. The lowest BCUT2D eigenvalue weighted by Crippen LogP contribution is -2.47. The Bertz CT molecular complexity index is 1000. The van der Waals surface area contributed by atoms with Crippen LogP contribution in [0, 0.1) is 0 Å². The Kier molecular flexibility index (Phi) is 5.86. The Labute approximate surface area is 170 Å². The summed E-state index contributed by atoms with van der Waals surface area (Å²) in [5, 5.41) is 5.14. The molecular weight excluding hydrogens is 364 g/mol. The molecule has 3 aromatic carbocycles. The maximum atomic E-state index is 13.0. The summed E-state index contributed by atoms with van der Waals surface area (Å²) < 4.78 is 5.82. The number of benzene rings is 3. The van der Waals surface area contributed by atoms with E-state index >= 15 is 0 Å². The number of carbonyl (C=O) groups is 2. The number of ether oxygens (including phenoxy) is 1. The molecule has 3 aromatic rings. The van der Waals surface area contributed by atoms with Crippen molar-refractivity contribution in [2.75, 3.05) is 18.5 Å². The third-order valence-corrected chi connectivity index (χ3v) is 5.19. The number of nitrogens with zero attached hydrogens (tertiary/aromatic N) is 1. The van der Waals surface area contributed by atoms with Gasteiger partial charge in [0.1, 0.15) is 6.04 Å². The number of anilines is 1. The largest absolute Gasteiger partial charge is 0.374 e. The zero-order chi connectivity index (χ0) is 20.1. The second kappa shape index (κ2) is 8.88. The van der Waals surface area contributed by atoms with Crippen LogP contribution in [-0.4, -0.2) is 35.9 Å². The predicted octanol–water partition coefficient (Wildman–Crippen LogP) is 3.99. The summed E-state index contributed by atoms with van der Waals surface area (Å²) in [5.74, 6) is -0.212. The van der Waals surface area contributed by atoms with Crippen LogP contribution in [0.3, 0.4) is 0 Å². The highest BCUT2D eigenvalue weighted by Gasteiger charge is 2.33. The van der Waals surface area contributed by atoms with E-state index in [1.807, 2.05) is 72.8 Å². The first-order valence-corrected chi connectivity index (χ1v) is 9.91. The Morgan fingerprint density at radius 1 is 1.00 bits per heavy atom. The van der Waals surface area contributed by atoms with Gasteiger partial charge in [-0.05, 0) is 34.9 Å². The van der Waals surface area contributed by atoms with Crippen LogP contribution in [0.25, 0.3) is 10.8 Å². The molecule has 4 rings (SSSR count). The van der Waals surface area contributed by atoms with Crippen LogP contribution in [0.2, 0.25) is 0 Å². The molecule has 0 saturated carbocycles. The Hall–Kier alpha value is -3.18. The highest BCUT2D eigenvalue weighted by molar-refractivity contribution is 5.99. The molecule has 1 heterocycles. The van der Waals surface area contributed by atoms with Crippen LogP contribution in [-0.2, 0) is 20.9 Å². The number of carbonyl (C=O) groups excluding carboxylic acids is 2. The zero-order valence-electron chi connectivity index (χ0n) is 16.2. The molecule has 1 atom stereocenters. The standard InChI is InChI=1S/C24H24N2O3/c27-23-11-6-14-26(23)22(17-29-16-18-7-2-1-3-8-18)24(28)25-21-13-12-19-9-4-5-10-20(19)15-21/h1-5,7-10,12-13,15,22H,6,11,14,16-17H2,(H,25,28). The minimum atomic E-state index is -0.639. The molecule has 2 amide bonds. The van der Waals surface area contributed by atoms with Crippen molar-refractivity contribution in [2.24, 2.45) is 0 Å². The maximum Gasteiger partial charge on any atom is 0.249 e. The summed E-state index contributed by atoms with van der Waals surface area (Å²) in [7, 11) is 0. The van der Waals surface area contributed by atoms with E-state index in [0.29, 0.717) is 25.3 Å². The topological polar surface area (TPSA) is 58.6 Å². The fraction of sp³-hybridized carbons (Fsp3) is 0.250. The summed E-state index contributed by atoms with van der Waals surface area (Å²) >= 11 is 0.